The van der Waals surface area contributed by atoms with Gasteiger partial charge in [0.15, 0.2) is 5.96 Å². The van der Waals surface area contributed by atoms with Gasteiger partial charge in [-0.2, -0.15) is 0 Å². The summed E-state index contributed by atoms with van der Waals surface area (Å²) in [5.41, 5.74) is 3.12. The summed E-state index contributed by atoms with van der Waals surface area (Å²) < 4.78 is 5.47. The number of halogens is 1. The molecule has 0 spiro atoms. The molecule has 0 saturated carbocycles. The number of piperidine rings is 1. The van der Waals surface area contributed by atoms with E-state index in [1.165, 1.54) is 25.9 Å². The van der Waals surface area contributed by atoms with Crippen molar-refractivity contribution in [3.05, 3.63) is 23.0 Å². The summed E-state index contributed by atoms with van der Waals surface area (Å²) in [4.78, 5) is 11.4. The topological polar surface area (TPSA) is 61.8 Å². The van der Waals surface area contributed by atoms with Gasteiger partial charge in [-0.1, -0.05) is 6.92 Å². The number of ether oxygens (including phenoxy) is 1. The molecule has 1 aliphatic heterocycles. The molecule has 0 aliphatic carbocycles. The van der Waals surface area contributed by atoms with E-state index in [2.05, 4.69) is 32.4 Å². The van der Waals surface area contributed by atoms with Gasteiger partial charge in [0, 0.05) is 30.9 Å². The van der Waals surface area contributed by atoms with E-state index in [0.717, 1.165) is 54.0 Å². The van der Waals surface area contributed by atoms with Crippen molar-refractivity contribution in [3.63, 3.8) is 0 Å². The van der Waals surface area contributed by atoms with Crippen molar-refractivity contribution in [2.24, 2.45) is 10.9 Å². The summed E-state index contributed by atoms with van der Waals surface area (Å²) in [7, 11) is 3.51. The molecular formula is C20H36IN5O. The first-order chi connectivity index (χ1) is 12.5. The summed E-state index contributed by atoms with van der Waals surface area (Å²) >= 11 is 0. The average Bonchev–Trinajstić information content (AvgIpc) is 2.64. The molecule has 1 saturated heterocycles. The van der Waals surface area contributed by atoms with Gasteiger partial charge in [0.25, 0.3) is 0 Å². The summed E-state index contributed by atoms with van der Waals surface area (Å²) in [5.74, 6) is 2.62. The van der Waals surface area contributed by atoms with Gasteiger partial charge >= 0.3 is 0 Å². The molecule has 1 aromatic rings. The van der Waals surface area contributed by atoms with Gasteiger partial charge in [0.05, 0.1) is 19.3 Å². The van der Waals surface area contributed by atoms with Crippen LogP contribution in [0.15, 0.2) is 11.2 Å². The Morgan fingerprint density at radius 1 is 1.30 bits per heavy atom. The number of aromatic nitrogens is 1. The van der Waals surface area contributed by atoms with Crippen LogP contribution in [0, 0.1) is 19.8 Å². The van der Waals surface area contributed by atoms with Crippen molar-refractivity contribution in [1.29, 1.82) is 0 Å². The second-order valence-electron chi connectivity index (χ2n) is 7.28. The second-order valence-corrected chi connectivity index (χ2v) is 7.28. The fourth-order valence-corrected chi connectivity index (χ4v) is 3.43. The van der Waals surface area contributed by atoms with E-state index in [4.69, 9.17) is 4.74 Å². The third kappa shape index (κ3) is 7.44. The molecule has 2 heterocycles. The molecule has 1 aromatic heterocycles. The lowest BCUT2D eigenvalue weighted by Crippen LogP contribution is -2.39. The lowest BCUT2D eigenvalue weighted by molar-refractivity contribution is 0.191. The van der Waals surface area contributed by atoms with Crippen molar-refractivity contribution in [3.8, 4) is 5.75 Å². The van der Waals surface area contributed by atoms with E-state index < -0.39 is 0 Å². The summed E-state index contributed by atoms with van der Waals surface area (Å²) in [6.07, 6.45) is 5.66. The molecule has 27 heavy (non-hydrogen) atoms. The number of aryl methyl sites for hydroxylation is 1. The number of methoxy groups -OCH3 is 1. The fraction of sp³-hybridized carbons (Fsp3) is 0.700. The van der Waals surface area contributed by atoms with Crippen LogP contribution in [0.25, 0.3) is 0 Å². The Bertz CT molecular complexity index is 600. The van der Waals surface area contributed by atoms with Crippen LogP contribution in [0.5, 0.6) is 5.75 Å². The molecule has 0 bridgehead atoms. The maximum Gasteiger partial charge on any atom is 0.191 e. The molecule has 7 heteroatoms. The molecule has 1 fully saturated rings. The van der Waals surface area contributed by atoms with Crippen molar-refractivity contribution in [1.82, 2.24) is 20.5 Å². The second kappa shape index (κ2) is 12.4. The molecule has 0 atom stereocenters. The maximum atomic E-state index is 5.47. The van der Waals surface area contributed by atoms with Gasteiger partial charge in [-0.3, -0.25) is 9.98 Å². The number of rotatable bonds is 7. The number of hydrogen-bond donors (Lipinski definition) is 2. The predicted molar refractivity (Wildman–Crippen MR) is 123 cm³/mol. The number of hydrogen-bond acceptors (Lipinski definition) is 4. The van der Waals surface area contributed by atoms with Crippen molar-refractivity contribution in [2.75, 3.05) is 40.3 Å². The highest BCUT2D eigenvalue weighted by molar-refractivity contribution is 14.0. The van der Waals surface area contributed by atoms with E-state index >= 15 is 0 Å². The molecule has 0 radical (unpaired) electrons. The molecule has 2 N–H and O–H groups in total. The third-order valence-electron chi connectivity index (χ3n) is 5.22. The van der Waals surface area contributed by atoms with Crippen molar-refractivity contribution < 1.29 is 4.74 Å². The minimum Gasteiger partial charge on any atom is -0.496 e. The summed E-state index contributed by atoms with van der Waals surface area (Å²) in [6.45, 7) is 11.6. The normalized spacial score (nSPS) is 16.0. The molecule has 0 aromatic carbocycles. The molecule has 154 valence electrons. The minimum atomic E-state index is 0. The first kappa shape index (κ1) is 23.9. The summed E-state index contributed by atoms with van der Waals surface area (Å²) in [5, 5.41) is 6.75. The maximum absolute atomic E-state index is 5.47. The number of pyridine rings is 1. The van der Waals surface area contributed by atoms with Crippen LogP contribution in [0.1, 0.15) is 43.0 Å². The van der Waals surface area contributed by atoms with Crippen LogP contribution < -0.4 is 15.4 Å². The molecule has 2 rings (SSSR count). The largest absolute Gasteiger partial charge is 0.496 e. The number of nitrogens with one attached hydrogen (secondary N) is 2. The van der Waals surface area contributed by atoms with Crippen LogP contribution in [0.4, 0.5) is 0 Å². The van der Waals surface area contributed by atoms with Crippen molar-refractivity contribution >= 4 is 29.9 Å². The molecule has 0 amide bonds. The Hall–Kier alpha value is -1.09. The van der Waals surface area contributed by atoms with Crippen molar-refractivity contribution in [2.45, 2.75) is 46.6 Å². The van der Waals surface area contributed by atoms with E-state index in [0.29, 0.717) is 6.54 Å². The quantitative estimate of drug-likeness (QED) is 0.267. The molecule has 0 unspecified atom stereocenters. The number of guanidine groups is 1. The zero-order chi connectivity index (χ0) is 18.9. The predicted octanol–water partition coefficient (Wildman–Crippen LogP) is 3.11. The smallest absolute Gasteiger partial charge is 0.191 e. The van der Waals surface area contributed by atoms with Crippen LogP contribution in [0.2, 0.25) is 0 Å². The molecule has 1 aliphatic rings. The number of aliphatic imine (C=N–C) groups is 1. The van der Waals surface area contributed by atoms with Crippen LogP contribution in [0.3, 0.4) is 0 Å². The Balaban J connectivity index is 0.00000364. The minimum absolute atomic E-state index is 0. The van der Waals surface area contributed by atoms with Crippen LogP contribution in [-0.4, -0.2) is 56.2 Å². The Morgan fingerprint density at radius 3 is 2.63 bits per heavy atom. The third-order valence-corrected chi connectivity index (χ3v) is 5.22. The molecule has 6 nitrogen and oxygen atoms in total. The Morgan fingerprint density at radius 2 is 2.00 bits per heavy atom. The zero-order valence-electron chi connectivity index (χ0n) is 17.5. The molecular weight excluding hydrogens is 453 g/mol. The lowest BCUT2D eigenvalue weighted by Gasteiger charge is -2.30. The first-order valence-electron chi connectivity index (χ1n) is 9.71. The van der Waals surface area contributed by atoms with E-state index in [1.807, 2.05) is 20.0 Å². The highest BCUT2D eigenvalue weighted by Crippen LogP contribution is 2.23. The van der Waals surface area contributed by atoms with E-state index in [9.17, 15) is 0 Å². The number of nitrogens with zero attached hydrogens (tertiary/aromatic N) is 3. The fourth-order valence-electron chi connectivity index (χ4n) is 3.43. The summed E-state index contributed by atoms with van der Waals surface area (Å²) in [6, 6.07) is 0. The van der Waals surface area contributed by atoms with Gasteiger partial charge in [-0.05, 0) is 58.7 Å². The monoisotopic (exact) mass is 489 g/mol. The SMILES string of the molecule is CN=C(NCCCN1CCC(C)CC1)NCc1ncc(C)c(OC)c1C.I. The standard InChI is InChI=1S/C20H35N5O.HI/c1-15-7-11-25(12-8-15)10-6-9-22-20(21-4)24-14-18-17(3)19(26-5)16(2)13-23-18;/h13,15H,6-12,14H2,1-5H3,(H2,21,22,24);1H. The lowest BCUT2D eigenvalue weighted by atomic mass is 9.99. The van der Waals surface area contributed by atoms with Gasteiger partial charge in [0.1, 0.15) is 5.75 Å². The Kier molecular flexibility index (Phi) is 11.0. The average molecular weight is 489 g/mol. The van der Waals surface area contributed by atoms with Crippen LogP contribution >= 0.6 is 24.0 Å². The van der Waals surface area contributed by atoms with Gasteiger partial charge < -0.3 is 20.3 Å². The van der Waals surface area contributed by atoms with E-state index in [1.54, 1.807) is 14.2 Å². The highest BCUT2D eigenvalue weighted by atomic mass is 127. The zero-order valence-corrected chi connectivity index (χ0v) is 19.8. The van der Waals surface area contributed by atoms with E-state index in [-0.39, 0.29) is 24.0 Å². The highest BCUT2D eigenvalue weighted by Gasteiger charge is 2.15. The first-order valence-corrected chi connectivity index (χ1v) is 9.71. The number of likely N-dealkylation sites (tertiary alicyclic amines) is 1. The van der Waals surface area contributed by atoms with Gasteiger partial charge in [0.2, 0.25) is 0 Å². The van der Waals surface area contributed by atoms with Crippen LogP contribution in [-0.2, 0) is 6.54 Å². The Labute approximate surface area is 181 Å². The van der Waals surface area contributed by atoms with Gasteiger partial charge in [-0.25, -0.2) is 0 Å². The van der Waals surface area contributed by atoms with Gasteiger partial charge in [-0.15, -0.1) is 24.0 Å².